The number of rotatable bonds is 1. The highest BCUT2D eigenvalue weighted by atomic mass is 16.3. The Morgan fingerprint density at radius 3 is 2.60 bits per heavy atom. The van der Waals surface area contributed by atoms with E-state index in [1.165, 1.54) is 36.8 Å². The molecule has 0 saturated heterocycles. The molecule has 2 heteroatoms. The molecule has 0 amide bonds. The van der Waals surface area contributed by atoms with Crippen LogP contribution in [-0.2, 0) is 13.1 Å². The summed E-state index contributed by atoms with van der Waals surface area (Å²) in [6.45, 7) is 2.12. The highest BCUT2D eigenvalue weighted by Gasteiger charge is 2.27. The van der Waals surface area contributed by atoms with Crippen LogP contribution in [0.5, 0.6) is 5.75 Å². The largest absolute Gasteiger partial charge is 0.508 e. The van der Waals surface area contributed by atoms with Gasteiger partial charge in [-0.25, -0.2) is 0 Å². The van der Waals surface area contributed by atoms with Crippen molar-refractivity contribution in [1.29, 1.82) is 0 Å². The molecule has 0 radical (unpaired) electrons. The van der Waals surface area contributed by atoms with Crippen molar-refractivity contribution in [2.45, 2.75) is 44.8 Å². The zero-order valence-corrected chi connectivity index (χ0v) is 8.95. The van der Waals surface area contributed by atoms with Gasteiger partial charge in [0.1, 0.15) is 5.75 Å². The summed E-state index contributed by atoms with van der Waals surface area (Å²) in [6, 6.07) is 6.58. The third-order valence-corrected chi connectivity index (χ3v) is 3.78. The maximum absolute atomic E-state index is 9.43. The Morgan fingerprint density at radius 1 is 1.07 bits per heavy atom. The van der Waals surface area contributed by atoms with E-state index in [1.54, 1.807) is 6.07 Å². The number of fused-ring (bicyclic) bond motifs is 1. The lowest BCUT2D eigenvalue weighted by Crippen LogP contribution is -2.27. The molecule has 1 aliphatic carbocycles. The van der Waals surface area contributed by atoms with E-state index in [0.717, 1.165) is 19.1 Å². The Bertz CT molecular complexity index is 369. The Balaban J connectivity index is 1.79. The fraction of sp³-hybridized carbons (Fsp3) is 0.538. The predicted octanol–water partition coefficient (Wildman–Crippen LogP) is 2.65. The van der Waals surface area contributed by atoms with Gasteiger partial charge in [-0.15, -0.1) is 0 Å². The van der Waals surface area contributed by atoms with Gasteiger partial charge in [0.05, 0.1) is 0 Å². The van der Waals surface area contributed by atoms with Crippen LogP contribution in [0.25, 0.3) is 0 Å². The lowest BCUT2D eigenvalue weighted by atomic mass is 10.1. The summed E-state index contributed by atoms with van der Waals surface area (Å²) in [5.41, 5.74) is 2.72. The first kappa shape index (κ1) is 9.22. The van der Waals surface area contributed by atoms with Gasteiger partial charge in [-0.05, 0) is 36.1 Å². The van der Waals surface area contributed by atoms with E-state index in [1.807, 2.05) is 6.07 Å². The second kappa shape index (κ2) is 3.53. The number of aromatic hydroxyl groups is 1. The number of phenols is 1. The van der Waals surface area contributed by atoms with Crippen LogP contribution < -0.4 is 0 Å². The molecular weight excluding hydrogens is 186 g/mol. The van der Waals surface area contributed by atoms with Crippen LogP contribution in [0.2, 0.25) is 0 Å². The molecule has 1 aromatic carbocycles. The summed E-state index contributed by atoms with van der Waals surface area (Å²) >= 11 is 0. The molecule has 0 bridgehead atoms. The van der Waals surface area contributed by atoms with E-state index in [9.17, 15) is 5.11 Å². The van der Waals surface area contributed by atoms with E-state index in [4.69, 9.17) is 0 Å². The standard InChI is InChI=1S/C13H17NO/c15-13-6-5-10-8-14(9-11(10)7-13)12-3-1-2-4-12/h5-7,12,15H,1-4,8-9H2. The van der Waals surface area contributed by atoms with Crippen LogP contribution in [0, 0.1) is 0 Å². The van der Waals surface area contributed by atoms with Crippen LogP contribution in [0.1, 0.15) is 36.8 Å². The summed E-state index contributed by atoms with van der Waals surface area (Å²) in [4.78, 5) is 2.57. The smallest absolute Gasteiger partial charge is 0.115 e. The molecule has 0 aromatic heterocycles. The highest BCUT2D eigenvalue weighted by molar-refractivity contribution is 5.37. The molecule has 80 valence electrons. The third-order valence-electron chi connectivity index (χ3n) is 3.78. The first-order valence-corrected chi connectivity index (χ1v) is 5.88. The minimum absolute atomic E-state index is 0.405. The number of nitrogens with zero attached hydrogens (tertiary/aromatic N) is 1. The molecule has 1 aliphatic heterocycles. The summed E-state index contributed by atoms with van der Waals surface area (Å²) in [7, 11) is 0. The molecule has 3 rings (SSSR count). The van der Waals surface area contributed by atoms with Gasteiger partial charge >= 0.3 is 0 Å². The molecule has 0 spiro atoms. The van der Waals surface area contributed by atoms with Crippen molar-refractivity contribution in [2.75, 3.05) is 0 Å². The lowest BCUT2D eigenvalue weighted by molar-refractivity contribution is 0.202. The quantitative estimate of drug-likeness (QED) is 0.758. The summed E-state index contributed by atoms with van der Waals surface area (Å²) in [5, 5.41) is 9.43. The first-order chi connectivity index (χ1) is 7.33. The van der Waals surface area contributed by atoms with Gasteiger partial charge in [-0.1, -0.05) is 18.9 Å². The van der Waals surface area contributed by atoms with Gasteiger partial charge < -0.3 is 5.11 Å². The second-order valence-electron chi connectivity index (χ2n) is 4.80. The average Bonchev–Trinajstić information content (AvgIpc) is 2.84. The van der Waals surface area contributed by atoms with Gasteiger partial charge in [-0.3, -0.25) is 4.90 Å². The second-order valence-corrected chi connectivity index (χ2v) is 4.80. The summed E-state index contributed by atoms with van der Waals surface area (Å²) in [5.74, 6) is 0.405. The van der Waals surface area contributed by atoms with Gasteiger partial charge in [0.25, 0.3) is 0 Å². The van der Waals surface area contributed by atoms with Crippen LogP contribution in [0.3, 0.4) is 0 Å². The zero-order chi connectivity index (χ0) is 10.3. The minimum atomic E-state index is 0.405. The van der Waals surface area contributed by atoms with E-state index < -0.39 is 0 Å². The monoisotopic (exact) mass is 203 g/mol. The molecule has 1 saturated carbocycles. The number of hydrogen-bond acceptors (Lipinski definition) is 2. The van der Waals surface area contributed by atoms with Crippen molar-refractivity contribution < 1.29 is 5.11 Å². The first-order valence-electron chi connectivity index (χ1n) is 5.88. The fourth-order valence-corrected chi connectivity index (χ4v) is 2.93. The van der Waals surface area contributed by atoms with Crippen LogP contribution in [0.4, 0.5) is 0 Å². The van der Waals surface area contributed by atoms with Crippen LogP contribution in [0.15, 0.2) is 18.2 Å². The predicted molar refractivity (Wildman–Crippen MR) is 59.6 cm³/mol. The Kier molecular flexibility index (Phi) is 2.17. The maximum Gasteiger partial charge on any atom is 0.115 e. The third kappa shape index (κ3) is 1.63. The summed E-state index contributed by atoms with van der Waals surface area (Å²) < 4.78 is 0. The van der Waals surface area contributed by atoms with Gasteiger partial charge in [0, 0.05) is 19.1 Å². The minimum Gasteiger partial charge on any atom is -0.508 e. The normalized spacial score (nSPS) is 22.1. The molecule has 1 N–H and O–H groups in total. The maximum atomic E-state index is 9.43. The van der Waals surface area contributed by atoms with E-state index >= 15 is 0 Å². The molecule has 0 unspecified atom stereocenters. The zero-order valence-electron chi connectivity index (χ0n) is 8.95. The average molecular weight is 203 g/mol. The number of hydrogen-bond donors (Lipinski definition) is 1. The molecule has 2 nitrogen and oxygen atoms in total. The molecule has 1 heterocycles. The molecule has 2 aliphatic rings. The Hall–Kier alpha value is -1.02. The van der Waals surface area contributed by atoms with Crippen molar-refractivity contribution in [3.8, 4) is 5.75 Å². The van der Waals surface area contributed by atoms with Gasteiger partial charge in [0.2, 0.25) is 0 Å². The van der Waals surface area contributed by atoms with Crippen molar-refractivity contribution in [3.05, 3.63) is 29.3 Å². The van der Waals surface area contributed by atoms with E-state index in [-0.39, 0.29) is 0 Å². The van der Waals surface area contributed by atoms with Crippen molar-refractivity contribution in [3.63, 3.8) is 0 Å². The van der Waals surface area contributed by atoms with Crippen LogP contribution >= 0.6 is 0 Å². The number of benzene rings is 1. The van der Waals surface area contributed by atoms with Crippen molar-refractivity contribution in [1.82, 2.24) is 4.90 Å². The Morgan fingerprint density at radius 2 is 1.80 bits per heavy atom. The van der Waals surface area contributed by atoms with E-state index in [0.29, 0.717) is 5.75 Å². The summed E-state index contributed by atoms with van der Waals surface area (Å²) in [6.07, 6.45) is 5.51. The molecular formula is C13H17NO. The lowest BCUT2D eigenvalue weighted by Gasteiger charge is -2.22. The number of phenolic OH excluding ortho intramolecular Hbond substituents is 1. The SMILES string of the molecule is Oc1ccc2c(c1)CN(C1CCCC1)C2. The van der Waals surface area contributed by atoms with E-state index in [2.05, 4.69) is 11.0 Å². The molecule has 15 heavy (non-hydrogen) atoms. The van der Waals surface area contributed by atoms with Crippen molar-refractivity contribution >= 4 is 0 Å². The molecule has 1 fully saturated rings. The highest BCUT2D eigenvalue weighted by Crippen LogP contribution is 2.32. The topological polar surface area (TPSA) is 23.5 Å². The Labute approximate surface area is 90.5 Å². The fourth-order valence-electron chi connectivity index (χ4n) is 2.93. The van der Waals surface area contributed by atoms with Crippen LogP contribution in [-0.4, -0.2) is 16.0 Å². The van der Waals surface area contributed by atoms with Gasteiger partial charge in [-0.2, -0.15) is 0 Å². The van der Waals surface area contributed by atoms with Crippen molar-refractivity contribution in [2.24, 2.45) is 0 Å². The van der Waals surface area contributed by atoms with Gasteiger partial charge in [0.15, 0.2) is 0 Å². The molecule has 0 atom stereocenters. The molecule has 1 aromatic rings.